The number of nitrogens with zero attached hydrogens (tertiary/aromatic N) is 2. The summed E-state index contributed by atoms with van der Waals surface area (Å²) >= 11 is 0. The zero-order valence-electron chi connectivity index (χ0n) is 13.0. The average Bonchev–Trinajstić information content (AvgIpc) is 2.40. The molecule has 0 heterocycles. The molecule has 0 aliphatic carbocycles. The second-order valence-corrected chi connectivity index (χ2v) is 5.78. The summed E-state index contributed by atoms with van der Waals surface area (Å²) in [5, 5.41) is 11.9. The molecule has 1 aromatic rings. The first-order chi connectivity index (χ1) is 9.78. The summed E-state index contributed by atoms with van der Waals surface area (Å²) in [4.78, 5) is 13.7. The predicted octanol–water partition coefficient (Wildman–Crippen LogP) is 2.31. The van der Waals surface area contributed by atoms with Crippen LogP contribution >= 0.6 is 0 Å². The lowest BCUT2D eigenvalue weighted by molar-refractivity contribution is -0.123. The van der Waals surface area contributed by atoms with Gasteiger partial charge in [0.15, 0.2) is 0 Å². The van der Waals surface area contributed by atoms with Gasteiger partial charge in [-0.05, 0) is 26.0 Å². The highest BCUT2D eigenvalue weighted by atomic mass is 19.1. The first-order valence-electron chi connectivity index (χ1n) is 6.92. The van der Waals surface area contributed by atoms with Gasteiger partial charge in [0, 0.05) is 12.1 Å². The van der Waals surface area contributed by atoms with Gasteiger partial charge in [-0.2, -0.15) is 5.26 Å². The van der Waals surface area contributed by atoms with Crippen LogP contribution in [0.2, 0.25) is 0 Å². The van der Waals surface area contributed by atoms with Gasteiger partial charge in [0.05, 0.1) is 12.6 Å². The first-order valence-corrected chi connectivity index (χ1v) is 6.92. The Morgan fingerprint density at radius 2 is 2.10 bits per heavy atom. The maximum Gasteiger partial charge on any atom is 0.235 e. The molecule has 114 valence electrons. The van der Waals surface area contributed by atoms with Gasteiger partial charge < -0.3 is 5.32 Å². The minimum Gasteiger partial charge on any atom is -0.337 e. The van der Waals surface area contributed by atoms with Gasteiger partial charge in [0.1, 0.15) is 11.4 Å². The van der Waals surface area contributed by atoms with E-state index in [4.69, 9.17) is 0 Å². The van der Waals surface area contributed by atoms with Crippen LogP contribution in [0.3, 0.4) is 0 Å². The quantitative estimate of drug-likeness (QED) is 0.875. The van der Waals surface area contributed by atoms with Gasteiger partial charge >= 0.3 is 0 Å². The molecular formula is C16H22FN3O. The van der Waals surface area contributed by atoms with E-state index in [9.17, 15) is 14.4 Å². The van der Waals surface area contributed by atoms with Crippen molar-refractivity contribution in [2.45, 2.75) is 32.9 Å². The van der Waals surface area contributed by atoms with Crippen LogP contribution in [0.5, 0.6) is 0 Å². The molecule has 1 amide bonds. The zero-order chi connectivity index (χ0) is 16.0. The Morgan fingerprint density at radius 3 is 2.62 bits per heavy atom. The molecule has 0 aromatic heterocycles. The Balaban J connectivity index is 2.59. The van der Waals surface area contributed by atoms with Gasteiger partial charge in [-0.1, -0.05) is 32.0 Å². The van der Waals surface area contributed by atoms with Crippen molar-refractivity contribution in [1.82, 2.24) is 10.2 Å². The molecule has 0 unspecified atom stereocenters. The van der Waals surface area contributed by atoms with Crippen LogP contribution in [-0.2, 0) is 11.3 Å². The molecule has 4 nitrogen and oxygen atoms in total. The number of carbonyl (C=O) groups excluding carboxylic acids is 1. The highest BCUT2D eigenvalue weighted by molar-refractivity contribution is 5.79. The number of amides is 1. The molecule has 0 spiro atoms. The van der Waals surface area contributed by atoms with E-state index in [-0.39, 0.29) is 24.2 Å². The maximum absolute atomic E-state index is 13.5. The molecular weight excluding hydrogens is 269 g/mol. The third kappa shape index (κ3) is 4.83. The highest BCUT2D eigenvalue weighted by Gasteiger charge is 2.30. The number of halogens is 1. The summed E-state index contributed by atoms with van der Waals surface area (Å²) in [6.45, 7) is 5.91. The van der Waals surface area contributed by atoms with E-state index in [1.807, 2.05) is 13.8 Å². The molecule has 1 atom stereocenters. The molecule has 0 fully saturated rings. The van der Waals surface area contributed by atoms with Crippen molar-refractivity contribution in [1.29, 1.82) is 5.26 Å². The number of benzene rings is 1. The number of nitrogens with one attached hydrogen (secondary N) is 1. The van der Waals surface area contributed by atoms with Crippen molar-refractivity contribution in [2.24, 2.45) is 5.92 Å². The molecule has 5 heteroatoms. The van der Waals surface area contributed by atoms with Crippen LogP contribution in [0.1, 0.15) is 26.3 Å². The smallest absolute Gasteiger partial charge is 0.235 e. The van der Waals surface area contributed by atoms with Crippen LogP contribution in [0.4, 0.5) is 4.39 Å². The van der Waals surface area contributed by atoms with Crippen molar-refractivity contribution in [3.8, 4) is 6.07 Å². The topological polar surface area (TPSA) is 56.1 Å². The molecule has 1 aromatic carbocycles. The Kier molecular flexibility index (Phi) is 5.86. The molecule has 1 N–H and O–H groups in total. The van der Waals surface area contributed by atoms with Crippen molar-refractivity contribution in [2.75, 3.05) is 13.6 Å². The number of carbonyl (C=O) groups is 1. The van der Waals surface area contributed by atoms with E-state index in [1.165, 1.54) is 6.07 Å². The Labute approximate surface area is 125 Å². The van der Waals surface area contributed by atoms with Crippen molar-refractivity contribution in [3.63, 3.8) is 0 Å². The SMILES string of the molecule is CC(C)[C@](C)(C#N)NC(=O)CN(C)Cc1ccccc1F. The summed E-state index contributed by atoms with van der Waals surface area (Å²) in [6.07, 6.45) is 0. The Morgan fingerprint density at radius 1 is 1.48 bits per heavy atom. The molecule has 0 radical (unpaired) electrons. The zero-order valence-corrected chi connectivity index (χ0v) is 13.0. The summed E-state index contributed by atoms with van der Waals surface area (Å²) in [6, 6.07) is 8.61. The van der Waals surface area contributed by atoms with E-state index in [0.29, 0.717) is 12.1 Å². The lowest BCUT2D eigenvalue weighted by Gasteiger charge is -2.28. The third-order valence-electron chi connectivity index (χ3n) is 3.60. The predicted molar refractivity (Wildman–Crippen MR) is 79.7 cm³/mol. The van der Waals surface area contributed by atoms with Gasteiger partial charge in [0.2, 0.25) is 5.91 Å². The Bertz CT molecular complexity index is 539. The number of hydrogen-bond donors (Lipinski definition) is 1. The van der Waals surface area contributed by atoms with Crippen LogP contribution in [-0.4, -0.2) is 29.9 Å². The van der Waals surface area contributed by atoms with Crippen molar-refractivity contribution in [3.05, 3.63) is 35.6 Å². The molecule has 0 aliphatic rings. The van der Waals surface area contributed by atoms with Crippen LogP contribution in [0, 0.1) is 23.1 Å². The summed E-state index contributed by atoms with van der Waals surface area (Å²) in [7, 11) is 1.74. The van der Waals surface area contributed by atoms with E-state index < -0.39 is 5.54 Å². The minimum absolute atomic E-state index is 0.00308. The van der Waals surface area contributed by atoms with Crippen LogP contribution in [0.15, 0.2) is 24.3 Å². The summed E-state index contributed by atoms with van der Waals surface area (Å²) in [5.41, 5.74) is -0.352. The first kappa shape index (κ1) is 17.1. The normalized spacial score (nSPS) is 13.8. The van der Waals surface area contributed by atoms with Crippen molar-refractivity contribution >= 4 is 5.91 Å². The lowest BCUT2D eigenvalue weighted by atomic mass is 9.90. The third-order valence-corrected chi connectivity index (χ3v) is 3.60. The number of nitriles is 1. The lowest BCUT2D eigenvalue weighted by Crippen LogP contribution is -2.51. The summed E-state index contributed by atoms with van der Waals surface area (Å²) in [5.74, 6) is -0.524. The van der Waals surface area contributed by atoms with Gasteiger partial charge in [-0.3, -0.25) is 9.69 Å². The second kappa shape index (κ2) is 7.19. The number of likely N-dealkylation sites (N-methyl/N-ethyl adjacent to an activating group) is 1. The molecule has 0 aliphatic heterocycles. The Hall–Kier alpha value is -1.93. The van der Waals surface area contributed by atoms with Gasteiger partial charge in [0.25, 0.3) is 0 Å². The molecule has 0 saturated heterocycles. The average molecular weight is 291 g/mol. The number of rotatable bonds is 6. The molecule has 21 heavy (non-hydrogen) atoms. The van der Waals surface area contributed by atoms with Gasteiger partial charge in [-0.15, -0.1) is 0 Å². The van der Waals surface area contributed by atoms with Crippen molar-refractivity contribution < 1.29 is 9.18 Å². The molecule has 0 bridgehead atoms. The van der Waals surface area contributed by atoms with Gasteiger partial charge in [-0.25, -0.2) is 4.39 Å². The minimum atomic E-state index is -0.893. The molecule has 1 rings (SSSR count). The van der Waals surface area contributed by atoms with E-state index in [1.54, 1.807) is 37.1 Å². The van der Waals surface area contributed by atoms with E-state index in [0.717, 1.165) is 0 Å². The maximum atomic E-state index is 13.5. The van der Waals surface area contributed by atoms with E-state index in [2.05, 4.69) is 11.4 Å². The standard InChI is InChI=1S/C16H22FN3O/c1-12(2)16(3,11-18)19-15(21)10-20(4)9-13-7-5-6-8-14(13)17/h5-8,12H,9-10H2,1-4H3,(H,19,21)/t16-/m0/s1. The fourth-order valence-corrected chi connectivity index (χ4v) is 1.85. The number of hydrogen-bond acceptors (Lipinski definition) is 3. The fraction of sp³-hybridized carbons (Fsp3) is 0.500. The van der Waals surface area contributed by atoms with Crippen LogP contribution < -0.4 is 5.32 Å². The van der Waals surface area contributed by atoms with Crippen LogP contribution in [0.25, 0.3) is 0 Å². The molecule has 0 saturated carbocycles. The second-order valence-electron chi connectivity index (χ2n) is 5.78. The monoisotopic (exact) mass is 291 g/mol. The van der Waals surface area contributed by atoms with E-state index >= 15 is 0 Å². The highest BCUT2D eigenvalue weighted by Crippen LogP contribution is 2.15. The largest absolute Gasteiger partial charge is 0.337 e. The summed E-state index contributed by atoms with van der Waals surface area (Å²) < 4.78 is 13.5. The fourth-order valence-electron chi connectivity index (χ4n) is 1.85.